The molecule has 166 valence electrons. The minimum atomic E-state index is -0.202. The Morgan fingerprint density at radius 1 is 0.788 bits per heavy atom. The molecule has 0 saturated heterocycles. The summed E-state index contributed by atoms with van der Waals surface area (Å²) in [6.45, 7) is 2.04. The number of carbonyl (C=O) groups is 2. The first-order valence-corrected chi connectivity index (χ1v) is 11.4. The van der Waals surface area contributed by atoms with Gasteiger partial charge in [-0.3, -0.25) is 14.5 Å². The molecule has 5 rings (SSSR count). The van der Waals surface area contributed by atoms with E-state index >= 15 is 0 Å². The van der Waals surface area contributed by atoms with Gasteiger partial charge in [-0.05, 0) is 54.7 Å². The molecule has 2 atom stereocenters. The molecule has 1 aliphatic heterocycles. The molecule has 1 heterocycles. The Morgan fingerprint density at radius 2 is 1.48 bits per heavy atom. The third kappa shape index (κ3) is 3.97. The lowest BCUT2D eigenvalue weighted by molar-refractivity contribution is -0.120. The maximum atomic E-state index is 13.6. The molecule has 1 amide bonds. The van der Waals surface area contributed by atoms with E-state index in [-0.39, 0.29) is 29.9 Å². The second-order valence-corrected chi connectivity index (χ2v) is 8.89. The van der Waals surface area contributed by atoms with Crippen molar-refractivity contribution in [2.24, 2.45) is 0 Å². The van der Waals surface area contributed by atoms with Gasteiger partial charge in [0, 0.05) is 35.7 Å². The van der Waals surface area contributed by atoms with Crippen LogP contribution in [0.1, 0.15) is 47.8 Å². The summed E-state index contributed by atoms with van der Waals surface area (Å²) in [5.41, 5.74) is 5.74. The second-order valence-electron chi connectivity index (χ2n) is 8.89. The summed E-state index contributed by atoms with van der Waals surface area (Å²) in [4.78, 5) is 29.0. The van der Waals surface area contributed by atoms with Crippen molar-refractivity contribution in [3.8, 4) is 5.75 Å². The van der Waals surface area contributed by atoms with E-state index in [4.69, 9.17) is 4.74 Å². The number of carbonyl (C=O) groups excluding carboxylic acids is 2. The van der Waals surface area contributed by atoms with Crippen LogP contribution in [-0.2, 0) is 9.59 Å². The van der Waals surface area contributed by atoms with Gasteiger partial charge in [0.15, 0.2) is 5.78 Å². The van der Waals surface area contributed by atoms with Crippen molar-refractivity contribution in [3.05, 3.63) is 107 Å². The van der Waals surface area contributed by atoms with Gasteiger partial charge >= 0.3 is 0 Å². The van der Waals surface area contributed by atoms with Crippen LogP contribution in [0.5, 0.6) is 5.75 Å². The van der Waals surface area contributed by atoms with E-state index in [0.717, 1.165) is 39.4 Å². The van der Waals surface area contributed by atoms with Crippen LogP contribution in [0.25, 0.3) is 0 Å². The molecule has 2 aliphatic rings. The Morgan fingerprint density at radius 3 is 2.15 bits per heavy atom. The van der Waals surface area contributed by atoms with Gasteiger partial charge in [0.25, 0.3) is 0 Å². The molecular weight excluding hydrogens is 410 g/mol. The molecule has 0 spiro atoms. The highest BCUT2D eigenvalue weighted by atomic mass is 16.5. The van der Waals surface area contributed by atoms with E-state index in [9.17, 15) is 9.59 Å². The Balaban J connectivity index is 1.63. The fourth-order valence-corrected chi connectivity index (χ4v) is 5.11. The number of amides is 1. The Labute approximate surface area is 194 Å². The molecule has 0 radical (unpaired) electrons. The molecule has 4 heteroatoms. The first kappa shape index (κ1) is 21.2. The van der Waals surface area contributed by atoms with Gasteiger partial charge in [-0.15, -0.1) is 0 Å². The summed E-state index contributed by atoms with van der Waals surface area (Å²) in [5.74, 6) is 0.749. The number of hydrogen-bond donors (Lipinski definition) is 0. The van der Waals surface area contributed by atoms with Gasteiger partial charge in [0.1, 0.15) is 5.75 Å². The van der Waals surface area contributed by atoms with Crippen molar-refractivity contribution < 1.29 is 14.3 Å². The molecule has 0 N–H and O–H groups in total. The van der Waals surface area contributed by atoms with E-state index in [0.29, 0.717) is 12.8 Å². The van der Waals surface area contributed by atoms with Gasteiger partial charge in [-0.2, -0.15) is 0 Å². The molecule has 4 nitrogen and oxygen atoms in total. The smallest absolute Gasteiger partial charge is 0.232 e. The van der Waals surface area contributed by atoms with Crippen LogP contribution < -0.4 is 9.64 Å². The van der Waals surface area contributed by atoms with Crippen LogP contribution in [0.4, 0.5) is 5.69 Å². The van der Waals surface area contributed by atoms with E-state index in [1.807, 2.05) is 49.4 Å². The minimum Gasteiger partial charge on any atom is -0.497 e. The lowest BCUT2D eigenvalue weighted by Gasteiger charge is -2.40. The third-order valence-corrected chi connectivity index (χ3v) is 6.81. The first-order chi connectivity index (χ1) is 16.0. The minimum absolute atomic E-state index is 0.0194. The number of aryl methyl sites for hydroxylation is 1. The number of anilines is 1. The Hall–Kier alpha value is -3.66. The summed E-state index contributed by atoms with van der Waals surface area (Å²) in [6.07, 6.45) is 1.41. The number of benzene rings is 3. The molecule has 0 bridgehead atoms. The summed E-state index contributed by atoms with van der Waals surface area (Å²) in [7, 11) is 1.62. The van der Waals surface area contributed by atoms with Gasteiger partial charge in [-0.1, -0.05) is 60.2 Å². The maximum Gasteiger partial charge on any atom is 0.232 e. The van der Waals surface area contributed by atoms with Crippen molar-refractivity contribution in [1.29, 1.82) is 0 Å². The zero-order valence-electron chi connectivity index (χ0n) is 19.0. The zero-order valence-corrected chi connectivity index (χ0v) is 19.0. The molecule has 0 saturated carbocycles. The number of hydrogen-bond acceptors (Lipinski definition) is 3. The van der Waals surface area contributed by atoms with Gasteiger partial charge < -0.3 is 4.74 Å². The lowest BCUT2D eigenvalue weighted by atomic mass is 9.72. The Bertz CT molecular complexity index is 1210. The number of allylic oxidation sites excluding steroid dienone is 2. The van der Waals surface area contributed by atoms with E-state index in [1.165, 1.54) is 0 Å². The van der Waals surface area contributed by atoms with E-state index in [2.05, 4.69) is 36.4 Å². The van der Waals surface area contributed by atoms with Gasteiger partial charge in [0.05, 0.1) is 7.11 Å². The summed E-state index contributed by atoms with van der Waals surface area (Å²) < 4.78 is 5.30. The number of ketones is 1. The summed E-state index contributed by atoms with van der Waals surface area (Å²) in [5, 5.41) is 0. The van der Waals surface area contributed by atoms with E-state index < -0.39 is 0 Å². The maximum absolute atomic E-state index is 13.6. The van der Waals surface area contributed by atoms with Crippen molar-refractivity contribution in [2.75, 3.05) is 12.0 Å². The topological polar surface area (TPSA) is 46.6 Å². The van der Waals surface area contributed by atoms with Gasteiger partial charge in [0.2, 0.25) is 5.91 Å². The largest absolute Gasteiger partial charge is 0.497 e. The highest BCUT2D eigenvalue weighted by Crippen LogP contribution is 2.47. The molecule has 3 aromatic rings. The average molecular weight is 438 g/mol. The average Bonchev–Trinajstić information content (AvgIpc) is 2.84. The normalized spacial score (nSPS) is 20.6. The Kier molecular flexibility index (Phi) is 5.59. The monoisotopic (exact) mass is 437 g/mol. The van der Waals surface area contributed by atoms with Crippen molar-refractivity contribution in [2.45, 2.75) is 38.0 Å². The molecule has 0 aromatic heterocycles. The lowest BCUT2D eigenvalue weighted by Crippen LogP contribution is -2.41. The predicted octanol–water partition coefficient (Wildman–Crippen LogP) is 5.92. The van der Waals surface area contributed by atoms with Crippen LogP contribution in [0.2, 0.25) is 0 Å². The van der Waals surface area contributed by atoms with Crippen molar-refractivity contribution >= 4 is 17.4 Å². The SMILES string of the molecule is COc1ccc(N2C(=O)CC(c3ccc(C)cc3)C3=C2CC(c2ccccc2)CC3=O)cc1. The fraction of sp³-hybridized carbons (Fsp3) is 0.241. The van der Waals surface area contributed by atoms with Crippen LogP contribution in [0, 0.1) is 6.92 Å². The summed E-state index contributed by atoms with van der Waals surface area (Å²) >= 11 is 0. The van der Waals surface area contributed by atoms with Crippen LogP contribution in [0.15, 0.2) is 90.1 Å². The number of rotatable bonds is 4. The number of ether oxygens (including phenoxy) is 1. The predicted molar refractivity (Wildman–Crippen MR) is 129 cm³/mol. The van der Waals surface area contributed by atoms with Crippen LogP contribution >= 0.6 is 0 Å². The summed E-state index contributed by atoms with van der Waals surface area (Å²) in [6, 6.07) is 25.8. The number of methoxy groups -OCH3 is 1. The van der Waals surface area contributed by atoms with E-state index in [1.54, 1.807) is 12.0 Å². The molecule has 3 aromatic carbocycles. The van der Waals surface area contributed by atoms with Gasteiger partial charge in [-0.25, -0.2) is 0 Å². The number of nitrogens with zero attached hydrogens (tertiary/aromatic N) is 1. The molecule has 1 aliphatic carbocycles. The number of Topliss-reactive ketones (excluding diaryl/α,β-unsaturated/α-hetero) is 1. The molecule has 0 fully saturated rings. The fourth-order valence-electron chi connectivity index (χ4n) is 5.11. The second kappa shape index (κ2) is 8.70. The quantitative estimate of drug-likeness (QED) is 0.509. The molecule has 33 heavy (non-hydrogen) atoms. The highest BCUT2D eigenvalue weighted by molar-refractivity contribution is 6.08. The van der Waals surface area contributed by atoms with Crippen molar-refractivity contribution in [1.82, 2.24) is 0 Å². The van der Waals surface area contributed by atoms with Crippen LogP contribution in [0.3, 0.4) is 0 Å². The standard InChI is InChI=1S/C29H27NO3/c1-19-8-10-21(11-9-19)25-18-28(32)30(23-12-14-24(33-2)15-13-23)26-16-22(17-27(31)29(25)26)20-6-4-3-5-7-20/h3-15,22,25H,16-18H2,1-2H3. The van der Waals surface area contributed by atoms with Crippen LogP contribution in [-0.4, -0.2) is 18.8 Å². The zero-order chi connectivity index (χ0) is 22.9. The molecule has 2 unspecified atom stereocenters. The third-order valence-electron chi connectivity index (χ3n) is 6.81. The van der Waals surface area contributed by atoms with Crippen molar-refractivity contribution in [3.63, 3.8) is 0 Å². The highest BCUT2D eigenvalue weighted by Gasteiger charge is 2.42. The first-order valence-electron chi connectivity index (χ1n) is 11.4. The molecular formula is C29H27NO3.